The summed E-state index contributed by atoms with van der Waals surface area (Å²) in [5, 5.41) is 2.76. The lowest BCUT2D eigenvalue weighted by atomic mass is 10.3. The second kappa shape index (κ2) is 7.64. The van der Waals surface area contributed by atoms with Crippen molar-refractivity contribution in [3.05, 3.63) is 78.9 Å². The minimum absolute atomic E-state index is 0.246. The Morgan fingerprint density at radius 3 is 2.58 bits per heavy atom. The predicted octanol–water partition coefficient (Wildman–Crippen LogP) is 3.32. The van der Waals surface area contributed by atoms with Gasteiger partial charge in [-0.25, -0.2) is 9.97 Å². The average molecular weight is 318 g/mol. The number of nitrogens with one attached hydrogen (secondary N) is 1. The number of rotatable bonds is 5. The van der Waals surface area contributed by atoms with Crippen molar-refractivity contribution in [1.29, 1.82) is 0 Å². The maximum atomic E-state index is 12.0. The van der Waals surface area contributed by atoms with E-state index in [0.717, 1.165) is 0 Å². The molecule has 0 aliphatic carbocycles. The number of pyridine rings is 1. The highest BCUT2D eigenvalue weighted by molar-refractivity contribution is 6.01. The van der Waals surface area contributed by atoms with Crippen molar-refractivity contribution in [3.8, 4) is 11.8 Å². The summed E-state index contributed by atoms with van der Waals surface area (Å²) in [6.45, 7) is 0. The molecule has 0 unspecified atom stereocenters. The number of hydrogen-bond acceptors (Lipinski definition) is 5. The molecule has 0 radical (unpaired) electrons. The van der Waals surface area contributed by atoms with Crippen LogP contribution >= 0.6 is 0 Å². The van der Waals surface area contributed by atoms with Crippen molar-refractivity contribution in [2.24, 2.45) is 0 Å². The maximum Gasteiger partial charge on any atom is 0.321 e. The van der Waals surface area contributed by atoms with Gasteiger partial charge < -0.3 is 10.1 Å². The van der Waals surface area contributed by atoms with E-state index in [1.54, 1.807) is 55.0 Å². The monoisotopic (exact) mass is 318 g/mol. The van der Waals surface area contributed by atoms with Crippen LogP contribution < -0.4 is 10.1 Å². The zero-order chi connectivity index (χ0) is 16.6. The Hall–Kier alpha value is -3.54. The fourth-order valence-corrected chi connectivity index (χ4v) is 1.90. The number of anilines is 1. The Morgan fingerprint density at radius 1 is 0.958 bits per heavy atom. The van der Waals surface area contributed by atoms with E-state index >= 15 is 0 Å². The first-order valence-electron chi connectivity index (χ1n) is 7.25. The molecule has 0 fully saturated rings. The predicted molar refractivity (Wildman–Crippen MR) is 90.4 cm³/mol. The first-order valence-corrected chi connectivity index (χ1v) is 7.25. The third kappa shape index (κ3) is 4.48. The first kappa shape index (κ1) is 15.4. The molecule has 6 heteroatoms. The third-order valence-electron chi connectivity index (χ3n) is 2.95. The summed E-state index contributed by atoms with van der Waals surface area (Å²) in [7, 11) is 0. The van der Waals surface area contributed by atoms with Crippen LogP contribution in [-0.4, -0.2) is 20.9 Å². The standard InChI is InChI=1S/C18H14N4O2/c23-17(9-8-14-5-1-2-10-19-14)22-15-6-3-7-16(13-15)24-18-20-11-4-12-21-18/h1-13H,(H,22,23). The molecular weight excluding hydrogens is 304 g/mol. The van der Waals surface area contributed by atoms with Crippen LogP contribution in [-0.2, 0) is 4.79 Å². The van der Waals surface area contributed by atoms with Gasteiger partial charge in [-0.3, -0.25) is 9.78 Å². The van der Waals surface area contributed by atoms with Crippen LogP contribution in [0.25, 0.3) is 6.08 Å². The maximum absolute atomic E-state index is 12.0. The van der Waals surface area contributed by atoms with Gasteiger partial charge >= 0.3 is 6.01 Å². The molecule has 0 saturated heterocycles. The second-order valence-corrected chi connectivity index (χ2v) is 4.74. The molecule has 0 aliphatic rings. The van der Waals surface area contributed by atoms with Gasteiger partial charge in [0.1, 0.15) is 5.75 Å². The summed E-state index contributed by atoms with van der Waals surface area (Å²) < 4.78 is 5.53. The molecule has 0 spiro atoms. The van der Waals surface area contributed by atoms with Crippen molar-refractivity contribution in [2.45, 2.75) is 0 Å². The summed E-state index contributed by atoms with van der Waals surface area (Å²) in [6.07, 6.45) is 7.93. The highest BCUT2D eigenvalue weighted by atomic mass is 16.5. The number of amides is 1. The van der Waals surface area contributed by atoms with E-state index in [1.165, 1.54) is 6.08 Å². The number of carbonyl (C=O) groups excluding carboxylic acids is 1. The van der Waals surface area contributed by atoms with Crippen molar-refractivity contribution < 1.29 is 9.53 Å². The van der Waals surface area contributed by atoms with E-state index in [0.29, 0.717) is 17.1 Å². The molecule has 0 aliphatic heterocycles. The van der Waals surface area contributed by atoms with E-state index in [-0.39, 0.29) is 11.9 Å². The van der Waals surface area contributed by atoms with Crippen LogP contribution in [0.4, 0.5) is 5.69 Å². The van der Waals surface area contributed by atoms with Gasteiger partial charge in [0, 0.05) is 36.4 Å². The van der Waals surface area contributed by atoms with Gasteiger partial charge in [0.2, 0.25) is 5.91 Å². The van der Waals surface area contributed by atoms with E-state index < -0.39 is 0 Å². The molecule has 0 atom stereocenters. The smallest absolute Gasteiger partial charge is 0.321 e. The van der Waals surface area contributed by atoms with Crippen LogP contribution in [0.3, 0.4) is 0 Å². The van der Waals surface area contributed by atoms with E-state index in [1.807, 2.05) is 18.2 Å². The fourth-order valence-electron chi connectivity index (χ4n) is 1.90. The molecule has 0 bridgehead atoms. The van der Waals surface area contributed by atoms with Crippen molar-refractivity contribution >= 4 is 17.7 Å². The second-order valence-electron chi connectivity index (χ2n) is 4.74. The van der Waals surface area contributed by atoms with Crippen LogP contribution in [0, 0.1) is 0 Å². The molecule has 1 aromatic carbocycles. The summed E-state index contributed by atoms with van der Waals surface area (Å²) in [4.78, 5) is 24.1. The molecule has 3 rings (SSSR count). The number of carbonyl (C=O) groups is 1. The molecule has 2 heterocycles. The molecule has 1 N–H and O–H groups in total. The quantitative estimate of drug-likeness (QED) is 0.730. The Balaban J connectivity index is 1.64. The molecule has 2 aromatic heterocycles. The topological polar surface area (TPSA) is 77.0 Å². The van der Waals surface area contributed by atoms with Crippen LogP contribution in [0.1, 0.15) is 5.69 Å². The Kier molecular flexibility index (Phi) is 4.89. The van der Waals surface area contributed by atoms with Gasteiger partial charge in [0.25, 0.3) is 0 Å². The summed E-state index contributed by atoms with van der Waals surface area (Å²) in [6, 6.07) is 14.4. The highest BCUT2D eigenvalue weighted by Crippen LogP contribution is 2.21. The van der Waals surface area contributed by atoms with Crippen LogP contribution in [0.5, 0.6) is 11.8 Å². The zero-order valence-corrected chi connectivity index (χ0v) is 12.7. The van der Waals surface area contributed by atoms with Crippen LogP contribution in [0.15, 0.2) is 73.2 Å². The highest BCUT2D eigenvalue weighted by Gasteiger charge is 2.02. The van der Waals surface area contributed by atoms with Crippen LogP contribution in [0.2, 0.25) is 0 Å². The zero-order valence-electron chi connectivity index (χ0n) is 12.7. The number of nitrogens with zero attached hydrogens (tertiary/aromatic N) is 3. The Labute approximate surface area is 138 Å². The Bertz CT molecular complexity index is 836. The van der Waals surface area contributed by atoms with E-state index in [2.05, 4.69) is 20.3 Å². The number of benzene rings is 1. The first-order chi connectivity index (χ1) is 11.8. The third-order valence-corrected chi connectivity index (χ3v) is 2.95. The molecular formula is C18H14N4O2. The average Bonchev–Trinajstić information content (AvgIpc) is 2.62. The molecule has 0 saturated carbocycles. The SMILES string of the molecule is O=C(C=Cc1ccccn1)Nc1cccc(Oc2ncccn2)c1. The van der Waals surface area contributed by atoms with Gasteiger partial charge in [0.15, 0.2) is 0 Å². The minimum Gasteiger partial charge on any atom is -0.424 e. The summed E-state index contributed by atoms with van der Waals surface area (Å²) >= 11 is 0. The summed E-state index contributed by atoms with van der Waals surface area (Å²) in [5.41, 5.74) is 1.32. The lowest BCUT2D eigenvalue weighted by Gasteiger charge is -2.06. The number of aromatic nitrogens is 3. The minimum atomic E-state index is -0.256. The largest absolute Gasteiger partial charge is 0.424 e. The molecule has 6 nitrogen and oxygen atoms in total. The van der Waals surface area contributed by atoms with Gasteiger partial charge in [-0.1, -0.05) is 12.1 Å². The Morgan fingerprint density at radius 2 is 1.79 bits per heavy atom. The van der Waals surface area contributed by atoms with Crippen molar-refractivity contribution in [1.82, 2.24) is 15.0 Å². The lowest BCUT2D eigenvalue weighted by molar-refractivity contribution is -0.111. The van der Waals surface area contributed by atoms with Gasteiger partial charge in [-0.2, -0.15) is 0 Å². The van der Waals surface area contributed by atoms with Gasteiger partial charge in [-0.15, -0.1) is 0 Å². The fraction of sp³-hybridized carbons (Fsp3) is 0. The molecule has 1 amide bonds. The number of ether oxygens (including phenoxy) is 1. The lowest BCUT2D eigenvalue weighted by Crippen LogP contribution is -2.07. The molecule has 24 heavy (non-hydrogen) atoms. The number of hydrogen-bond donors (Lipinski definition) is 1. The van der Waals surface area contributed by atoms with E-state index in [9.17, 15) is 4.79 Å². The van der Waals surface area contributed by atoms with Gasteiger partial charge in [-0.05, 0) is 36.4 Å². The van der Waals surface area contributed by atoms with Crippen molar-refractivity contribution in [3.63, 3.8) is 0 Å². The normalized spacial score (nSPS) is 10.5. The van der Waals surface area contributed by atoms with E-state index in [4.69, 9.17) is 4.74 Å². The molecule has 118 valence electrons. The molecule has 3 aromatic rings. The van der Waals surface area contributed by atoms with Crippen molar-refractivity contribution in [2.75, 3.05) is 5.32 Å². The summed E-state index contributed by atoms with van der Waals surface area (Å²) in [5.74, 6) is 0.279. The van der Waals surface area contributed by atoms with Gasteiger partial charge in [0.05, 0.1) is 5.69 Å².